The molecule has 2 aromatic rings. The Labute approximate surface area is 117 Å². The van der Waals surface area contributed by atoms with Gasteiger partial charge in [-0.3, -0.25) is 4.21 Å². The van der Waals surface area contributed by atoms with Gasteiger partial charge in [-0.25, -0.2) is 8.78 Å². The Balaban J connectivity index is 2.25. The Hall–Kier alpha value is -1.95. The molecule has 106 valence electrons. The Morgan fingerprint density at radius 3 is 2.65 bits per heavy atom. The van der Waals surface area contributed by atoms with Gasteiger partial charge in [0.15, 0.2) is 11.6 Å². The van der Waals surface area contributed by atoms with E-state index < -0.39 is 22.4 Å². The maximum absolute atomic E-state index is 13.9. The van der Waals surface area contributed by atoms with Crippen molar-refractivity contribution < 1.29 is 17.7 Å². The van der Waals surface area contributed by atoms with Gasteiger partial charge in [0, 0.05) is 10.5 Å². The van der Waals surface area contributed by atoms with Gasteiger partial charge in [-0.2, -0.15) is 0 Å². The minimum Gasteiger partial charge on any atom is -0.494 e. The standard InChI is InChI=1S/C14H13F2NO2S/c1-19-13-4-2-3-9(14(13)16)8-20(18)10-5-6-12(17)11(15)7-10/h2-7H,8,17H2,1H3. The number of ether oxygens (including phenoxy) is 1. The molecule has 6 heteroatoms. The van der Waals surface area contributed by atoms with Crippen LogP contribution in [0.5, 0.6) is 5.75 Å². The van der Waals surface area contributed by atoms with E-state index in [9.17, 15) is 13.0 Å². The molecule has 0 radical (unpaired) electrons. The molecule has 3 nitrogen and oxygen atoms in total. The van der Waals surface area contributed by atoms with Crippen molar-refractivity contribution in [2.75, 3.05) is 12.8 Å². The van der Waals surface area contributed by atoms with E-state index in [4.69, 9.17) is 10.5 Å². The van der Waals surface area contributed by atoms with Crippen LogP contribution in [-0.2, 0) is 16.6 Å². The van der Waals surface area contributed by atoms with Gasteiger partial charge in [-0.1, -0.05) is 12.1 Å². The van der Waals surface area contributed by atoms with Crippen LogP contribution in [0.1, 0.15) is 5.56 Å². The predicted octanol–water partition coefficient (Wildman–Crippen LogP) is 2.86. The zero-order chi connectivity index (χ0) is 14.7. The van der Waals surface area contributed by atoms with E-state index in [1.54, 1.807) is 6.07 Å². The molecule has 0 aliphatic heterocycles. The summed E-state index contributed by atoms with van der Waals surface area (Å²) in [5, 5.41) is 0. The first-order valence-electron chi connectivity index (χ1n) is 5.77. The van der Waals surface area contributed by atoms with Crippen LogP contribution in [-0.4, -0.2) is 11.3 Å². The smallest absolute Gasteiger partial charge is 0.169 e. The number of nitrogens with two attached hydrogens (primary N) is 1. The van der Waals surface area contributed by atoms with Crippen molar-refractivity contribution in [2.45, 2.75) is 10.6 Å². The van der Waals surface area contributed by atoms with Crippen LogP contribution in [0.4, 0.5) is 14.5 Å². The topological polar surface area (TPSA) is 52.3 Å². The van der Waals surface area contributed by atoms with Crippen LogP contribution in [0.3, 0.4) is 0 Å². The Morgan fingerprint density at radius 1 is 1.25 bits per heavy atom. The number of benzene rings is 2. The molecule has 0 bridgehead atoms. The molecule has 20 heavy (non-hydrogen) atoms. The lowest BCUT2D eigenvalue weighted by Crippen LogP contribution is -2.02. The summed E-state index contributed by atoms with van der Waals surface area (Å²) in [6.45, 7) is 0. The molecule has 0 saturated heterocycles. The predicted molar refractivity (Wildman–Crippen MR) is 73.9 cm³/mol. The maximum Gasteiger partial charge on any atom is 0.169 e. The highest BCUT2D eigenvalue weighted by molar-refractivity contribution is 7.84. The maximum atomic E-state index is 13.9. The highest BCUT2D eigenvalue weighted by atomic mass is 32.2. The number of anilines is 1. The van der Waals surface area contributed by atoms with Crippen LogP contribution in [0.25, 0.3) is 0 Å². The molecule has 0 saturated carbocycles. The first kappa shape index (κ1) is 14.5. The second kappa shape index (κ2) is 6.00. The fourth-order valence-electron chi connectivity index (χ4n) is 1.70. The van der Waals surface area contributed by atoms with E-state index in [0.717, 1.165) is 6.07 Å². The second-order valence-electron chi connectivity index (χ2n) is 4.11. The summed E-state index contributed by atoms with van der Waals surface area (Å²) < 4.78 is 44.2. The van der Waals surface area contributed by atoms with Crippen LogP contribution in [0.15, 0.2) is 41.3 Å². The van der Waals surface area contributed by atoms with Crippen molar-refractivity contribution in [2.24, 2.45) is 0 Å². The van der Waals surface area contributed by atoms with Crippen LogP contribution in [0, 0.1) is 11.6 Å². The third-order valence-electron chi connectivity index (χ3n) is 2.78. The molecule has 0 heterocycles. The Bertz CT molecular complexity index is 662. The van der Waals surface area contributed by atoms with Crippen molar-refractivity contribution in [3.63, 3.8) is 0 Å². The van der Waals surface area contributed by atoms with E-state index in [1.807, 2.05) is 0 Å². The zero-order valence-electron chi connectivity index (χ0n) is 10.7. The first-order chi connectivity index (χ1) is 9.52. The molecule has 0 fully saturated rings. The lowest BCUT2D eigenvalue weighted by molar-refractivity contribution is 0.385. The van der Waals surface area contributed by atoms with Crippen molar-refractivity contribution >= 4 is 16.5 Å². The quantitative estimate of drug-likeness (QED) is 0.883. The van der Waals surface area contributed by atoms with Gasteiger partial charge in [-0.05, 0) is 24.3 Å². The number of hydrogen-bond acceptors (Lipinski definition) is 3. The number of halogens is 2. The molecule has 2 N–H and O–H groups in total. The van der Waals surface area contributed by atoms with Gasteiger partial charge in [-0.15, -0.1) is 0 Å². The summed E-state index contributed by atoms with van der Waals surface area (Å²) in [4.78, 5) is 0.263. The monoisotopic (exact) mass is 297 g/mol. The van der Waals surface area contributed by atoms with Crippen LogP contribution >= 0.6 is 0 Å². The minimum absolute atomic E-state index is 0.0155. The lowest BCUT2D eigenvalue weighted by atomic mass is 10.2. The summed E-state index contributed by atoms with van der Waals surface area (Å²) in [7, 11) is -0.209. The molecule has 1 atom stereocenters. The number of nitrogen functional groups attached to an aromatic ring is 1. The van der Waals surface area contributed by atoms with E-state index in [0.29, 0.717) is 0 Å². The highest BCUT2D eigenvalue weighted by Crippen LogP contribution is 2.23. The van der Waals surface area contributed by atoms with Gasteiger partial charge >= 0.3 is 0 Å². The number of methoxy groups -OCH3 is 1. The first-order valence-corrected chi connectivity index (χ1v) is 7.09. The van der Waals surface area contributed by atoms with Crippen molar-refractivity contribution in [1.82, 2.24) is 0 Å². The SMILES string of the molecule is COc1cccc(CS(=O)c2ccc(N)c(F)c2)c1F. The fraction of sp³-hybridized carbons (Fsp3) is 0.143. The summed E-state index contributed by atoms with van der Waals surface area (Å²) in [5.41, 5.74) is 5.59. The average Bonchev–Trinajstić information content (AvgIpc) is 2.44. The number of hydrogen-bond donors (Lipinski definition) is 1. The Morgan fingerprint density at radius 2 is 2.00 bits per heavy atom. The molecular formula is C14H13F2NO2S. The fourth-order valence-corrected chi connectivity index (χ4v) is 2.83. The summed E-state index contributed by atoms with van der Waals surface area (Å²) in [6, 6.07) is 8.51. The molecule has 0 spiro atoms. The van der Waals surface area contributed by atoms with Gasteiger partial charge in [0.05, 0.1) is 29.3 Å². The van der Waals surface area contributed by atoms with Crippen molar-refractivity contribution in [1.29, 1.82) is 0 Å². The van der Waals surface area contributed by atoms with Gasteiger partial charge in [0.25, 0.3) is 0 Å². The lowest BCUT2D eigenvalue weighted by Gasteiger charge is -2.08. The molecule has 0 aromatic heterocycles. The summed E-state index contributed by atoms with van der Waals surface area (Å²) >= 11 is 0. The Kier molecular flexibility index (Phi) is 4.34. The molecule has 2 aromatic carbocycles. The second-order valence-corrected chi connectivity index (χ2v) is 5.56. The van der Waals surface area contributed by atoms with E-state index in [1.165, 1.54) is 31.4 Å². The molecule has 0 aliphatic rings. The summed E-state index contributed by atoms with van der Waals surface area (Å²) in [5.74, 6) is -1.17. The minimum atomic E-state index is -1.56. The van der Waals surface area contributed by atoms with E-state index in [2.05, 4.69) is 0 Å². The molecule has 0 amide bonds. The molecular weight excluding hydrogens is 284 g/mol. The average molecular weight is 297 g/mol. The highest BCUT2D eigenvalue weighted by Gasteiger charge is 2.13. The molecule has 0 aliphatic carbocycles. The largest absolute Gasteiger partial charge is 0.494 e. The van der Waals surface area contributed by atoms with Gasteiger partial charge < -0.3 is 10.5 Å². The molecule has 1 unspecified atom stereocenters. The van der Waals surface area contributed by atoms with E-state index >= 15 is 0 Å². The zero-order valence-corrected chi connectivity index (χ0v) is 11.5. The molecule has 2 rings (SSSR count). The van der Waals surface area contributed by atoms with Crippen LogP contribution in [0.2, 0.25) is 0 Å². The van der Waals surface area contributed by atoms with Crippen molar-refractivity contribution in [3.05, 3.63) is 53.6 Å². The summed E-state index contributed by atoms with van der Waals surface area (Å²) in [6.07, 6.45) is 0. The van der Waals surface area contributed by atoms with Crippen molar-refractivity contribution in [3.8, 4) is 5.75 Å². The van der Waals surface area contributed by atoms with Gasteiger partial charge in [0.1, 0.15) is 5.82 Å². The normalized spacial score (nSPS) is 12.2. The third-order valence-corrected chi connectivity index (χ3v) is 4.14. The third kappa shape index (κ3) is 2.96. The van der Waals surface area contributed by atoms with Crippen LogP contribution < -0.4 is 10.5 Å². The van der Waals surface area contributed by atoms with Gasteiger partial charge in [0.2, 0.25) is 0 Å². The number of rotatable bonds is 4. The van der Waals surface area contributed by atoms with E-state index in [-0.39, 0.29) is 27.6 Å².